The Morgan fingerprint density at radius 1 is 1.09 bits per heavy atom. The van der Waals surface area contributed by atoms with E-state index in [1.807, 2.05) is 41.0 Å². The standard InChI is InChI=1S/C26H31N3O5/c1-6-34-25(31)22-23(17-11-12-20(32-4)21(15-17)33-5)29-19-10-8-7-9-18(19)27-26(29)28(24(22)30)14-13-16(2)3/h7-12,15-16,22-23H,6,13-14H2,1-5H3. The van der Waals surface area contributed by atoms with Gasteiger partial charge in [-0.05, 0) is 49.1 Å². The number of amides is 1. The lowest BCUT2D eigenvalue weighted by molar-refractivity contribution is -0.153. The molecule has 8 nitrogen and oxygen atoms in total. The van der Waals surface area contributed by atoms with Crippen LogP contribution in [0.3, 0.4) is 0 Å². The third-order valence-corrected chi connectivity index (χ3v) is 6.16. The van der Waals surface area contributed by atoms with Crippen molar-refractivity contribution in [2.75, 3.05) is 32.3 Å². The highest BCUT2D eigenvalue weighted by molar-refractivity contribution is 6.08. The Hall–Kier alpha value is -3.55. The molecule has 1 amide bonds. The second-order valence-corrected chi connectivity index (χ2v) is 8.73. The highest BCUT2D eigenvalue weighted by Crippen LogP contribution is 2.43. The van der Waals surface area contributed by atoms with Crippen molar-refractivity contribution in [3.05, 3.63) is 48.0 Å². The van der Waals surface area contributed by atoms with E-state index < -0.39 is 17.9 Å². The number of nitrogens with zero attached hydrogens (tertiary/aromatic N) is 3. The zero-order chi connectivity index (χ0) is 24.4. The molecule has 1 aliphatic rings. The number of para-hydroxylation sites is 2. The Labute approximate surface area is 199 Å². The summed E-state index contributed by atoms with van der Waals surface area (Å²) in [6.45, 7) is 6.60. The minimum absolute atomic E-state index is 0.185. The van der Waals surface area contributed by atoms with Crippen LogP contribution in [-0.2, 0) is 14.3 Å². The molecule has 8 heteroatoms. The van der Waals surface area contributed by atoms with Crippen LogP contribution in [0.2, 0.25) is 0 Å². The van der Waals surface area contributed by atoms with E-state index in [0.717, 1.165) is 23.0 Å². The van der Waals surface area contributed by atoms with Gasteiger partial charge in [0.2, 0.25) is 11.9 Å². The molecule has 4 rings (SSSR count). The largest absolute Gasteiger partial charge is 0.493 e. The van der Waals surface area contributed by atoms with Gasteiger partial charge in [0.15, 0.2) is 17.4 Å². The number of imidazole rings is 1. The number of carbonyl (C=O) groups is 2. The molecule has 2 unspecified atom stereocenters. The lowest BCUT2D eigenvalue weighted by Gasteiger charge is -2.38. The van der Waals surface area contributed by atoms with Gasteiger partial charge in [-0.2, -0.15) is 0 Å². The van der Waals surface area contributed by atoms with Crippen LogP contribution in [0, 0.1) is 11.8 Å². The summed E-state index contributed by atoms with van der Waals surface area (Å²) in [5.41, 5.74) is 2.33. The Bertz CT molecular complexity index is 1200. The van der Waals surface area contributed by atoms with E-state index in [9.17, 15) is 9.59 Å². The highest BCUT2D eigenvalue weighted by Gasteiger charge is 2.48. The smallest absolute Gasteiger partial charge is 0.321 e. The minimum Gasteiger partial charge on any atom is -0.493 e. The summed E-state index contributed by atoms with van der Waals surface area (Å²) in [6, 6.07) is 12.5. The van der Waals surface area contributed by atoms with Crippen LogP contribution < -0.4 is 14.4 Å². The first-order valence-electron chi connectivity index (χ1n) is 11.6. The summed E-state index contributed by atoms with van der Waals surface area (Å²) < 4.78 is 18.3. The summed E-state index contributed by atoms with van der Waals surface area (Å²) in [7, 11) is 3.12. The summed E-state index contributed by atoms with van der Waals surface area (Å²) in [4.78, 5) is 33.6. The molecule has 3 aromatic rings. The molecule has 0 aliphatic carbocycles. The van der Waals surface area contributed by atoms with E-state index in [4.69, 9.17) is 19.2 Å². The van der Waals surface area contributed by atoms with Gasteiger partial charge in [0.1, 0.15) is 0 Å². The van der Waals surface area contributed by atoms with Crippen molar-refractivity contribution in [1.82, 2.24) is 9.55 Å². The highest BCUT2D eigenvalue weighted by atomic mass is 16.5. The van der Waals surface area contributed by atoms with Crippen molar-refractivity contribution in [2.24, 2.45) is 11.8 Å². The second kappa shape index (κ2) is 9.75. The van der Waals surface area contributed by atoms with Gasteiger partial charge in [0, 0.05) is 6.54 Å². The number of aromatic nitrogens is 2. The average Bonchev–Trinajstić information content (AvgIpc) is 3.21. The van der Waals surface area contributed by atoms with Gasteiger partial charge in [0.05, 0.1) is 37.9 Å². The van der Waals surface area contributed by atoms with Gasteiger partial charge in [-0.15, -0.1) is 0 Å². The Morgan fingerprint density at radius 3 is 2.50 bits per heavy atom. The molecule has 1 aromatic heterocycles. The number of fused-ring (bicyclic) bond motifs is 3. The van der Waals surface area contributed by atoms with Crippen LogP contribution in [0.4, 0.5) is 5.95 Å². The molecular formula is C26H31N3O5. The fourth-order valence-corrected chi connectivity index (χ4v) is 4.48. The molecule has 0 spiro atoms. The van der Waals surface area contributed by atoms with Gasteiger partial charge in [-0.25, -0.2) is 4.98 Å². The van der Waals surface area contributed by atoms with Crippen LogP contribution in [0.1, 0.15) is 38.8 Å². The maximum atomic E-state index is 13.9. The van der Waals surface area contributed by atoms with Gasteiger partial charge >= 0.3 is 5.97 Å². The Balaban J connectivity index is 1.97. The summed E-state index contributed by atoms with van der Waals surface area (Å²) in [6.07, 6.45) is 0.783. The van der Waals surface area contributed by atoms with Crippen LogP contribution >= 0.6 is 0 Å². The van der Waals surface area contributed by atoms with Crippen molar-refractivity contribution in [1.29, 1.82) is 0 Å². The topological polar surface area (TPSA) is 82.9 Å². The van der Waals surface area contributed by atoms with E-state index >= 15 is 0 Å². The maximum absolute atomic E-state index is 13.9. The normalized spacial score (nSPS) is 17.7. The molecule has 2 aromatic carbocycles. The number of hydrogen-bond acceptors (Lipinski definition) is 6. The number of carbonyl (C=O) groups excluding carboxylic acids is 2. The van der Waals surface area contributed by atoms with Crippen LogP contribution in [-0.4, -0.2) is 48.8 Å². The molecular weight excluding hydrogens is 434 g/mol. The van der Waals surface area contributed by atoms with Crippen molar-refractivity contribution >= 4 is 28.9 Å². The molecule has 180 valence electrons. The molecule has 2 atom stereocenters. The Kier molecular flexibility index (Phi) is 6.77. The zero-order valence-electron chi connectivity index (χ0n) is 20.3. The van der Waals surface area contributed by atoms with Gasteiger partial charge in [-0.1, -0.05) is 32.0 Å². The lowest BCUT2D eigenvalue weighted by atomic mass is 9.89. The molecule has 0 fully saturated rings. The predicted octanol–water partition coefficient (Wildman–Crippen LogP) is 4.21. The average molecular weight is 466 g/mol. The molecule has 0 saturated heterocycles. The van der Waals surface area contributed by atoms with Crippen LogP contribution in [0.5, 0.6) is 11.5 Å². The van der Waals surface area contributed by atoms with Crippen LogP contribution in [0.15, 0.2) is 42.5 Å². The number of benzene rings is 2. The second-order valence-electron chi connectivity index (χ2n) is 8.73. The third kappa shape index (κ3) is 4.08. The van der Waals surface area contributed by atoms with Crippen molar-refractivity contribution < 1.29 is 23.8 Å². The van der Waals surface area contributed by atoms with E-state index in [1.54, 1.807) is 32.1 Å². The zero-order valence-corrected chi connectivity index (χ0v) is 20.3. The fraction of sp³-hybridized carbons (Fsp3) is 0.423. The summed E-state index contributed by atoms with van der Waals surface area (Å²) in [5.74, 6) is 0.0864. The molecule has 1 aliphatic heterocycles. The van der Waals surface area contributed by atoms with Crippen molar-refractivity contribution in [2.45, 2.75) is 33.2 Å². The monoisotopic (exact) mass is 465 g/mol. The minimum atomic E-state index is -1.06. The van der Waals surface area contributed by atoms with Crippen molar-refractivity contribution in [3.8, 4) is 11.5 Å². The van der Waals surface area contributed by atoms with Crippen molar-refractivity contribution in [3.63, 3.8) is 0 Å². The van der Waals surface area contributed by atoms with E-state index in [2.05, 4.69) is 13.8 Å². The molecule has 0 radical (unpaired) electrons. The number of anilines is 1. The number of esters is 1. The molecule has 0 saturated carbocycles. The SMILES string of the molecule is CCOC(=O)C1C(=O)N(CCC(C)C)c2nc3ccccc3n2C1c1ccc(OC)c(OC)c1. The Morgan fingerprint density at radius 2 is 1.82 bits per heavy atom. The number of ether oxygens (including phenoxy) is 3. The fourth-order valence-electron chi connectivity index (χ4n) is 4.48. The third-order valence-electron chi connectivity index (χ3n) is 6.16. The van der Waals surface area contributed by atoms with E-state index in [1.165, 1.54) is 0 Å². The number of rotatable bonds is 8. The molecule has 34 heavy (non-hydrogen) atoms. The summed E-state index contributed by atoms with van der Waals surface area (Å²) >= 11 is 0. The first kappa shape index (κ1) is 23.6. The van der Waals surface area contributed by atoms with E-state index in [0.29, 0.717) is 29.9 Å². The first-order valence-corrected chi connectivity index (χ1v) is 11.6. The summed E-state index contributed by atoms with van der Waals surface area (Å²) in [5, 5.41) is 0. The van der Waals surface area contributed by atoms with E-state index in [-0.39, 0.29) is 12.5 Å². The maximum Gasteiger partial charge on any atom is 0.321 e. The van der Waals surface area contributed by atoms with Crippen LogP contribution in [0.25, 0.3) is 11.0 Å². The van der Waals surface area contributed by atoms with Gasteiger partial charge in [0.25, 0.3) is 0 Å². The predicted molar refractivity (Wildman–Crippen MR) is 129 cm³/mol. The lowest BCUT2D eigenvalue weighted by Crippen LogP contribution is -2.50. The quantitative estimate of drug-likeness (QED) is 0.366. The van der Waals surface area contributed by atoms with Gasteiger partial charge in [-0.3, -0.25) is 14.5 Å². The molecule has 2 heterocycles. The van der Waals surface area contributed by atoms with Gasteiger partial charge < -0.3 is 18.8 Å². The number of methoxy groups -OCH3 is 2. The first-order chi connectivity index (χ1) is 16.4. The number of hydrogen-bond donors (Lipinski definition) is 0. The molecule has 0 N–H and O–H groups in total. The molecule has 0 bridgehead atoms.